The van der Waals surface area contributed by atoms with E-state index in [1.807, 2.05) is 13.8 Å². The van der Waals surface area contributed by atoms with Crippen LogP contribution in [0.4, 0.5) is 0 Å². The number of hydrogen-bond donors (Lipinski definition) is 4. The molecule has 2 unspecified atom stereocenters. The number of ketones is 6. The molecule has 7 atom stereocenters. The monoisotopic (exact) mass is 850 g/mol. The first kappa shape index (κ1) is 56.4. The second-order valence-electron chi connectivity index (χ2n) is 17.3. The lowest BCUT2D eigenvalue weighted by Crippen LogP contribution is -2.50. The van der Waals surface area contributed by atoms with Crippen molar-refractivity contribution in [1.29, 1.82) is 0 Å². The van der Waals surface area contributed by atoms with Crippen LogP contribution in [0.1, 0.15) is 177 Å². The van der Waals surface area contributed by atoms with Crippen molar-refractivity contribution in [3.63, 3.8) is 0 Å². The molecule has 3 amide bonds. The summed E-state index contributed by atoms with van der Waals surface area (Å²) >= 11 is 0. The zero-order valence-corrected chi connectivity index (χ0v) is 38.3. The van der Waals surface area contributed by atoms with Crippen molar-refractivity contribution in [3.05, 3.63) is 0 Å². The molecule has 0 aromatic rings. The van der Waals surface area contributed by atoms with E-state index in [2.05, 4.69) is 17.6 Å². The quantitative estimate of drug-likeness (QED) is 0.0450. The molecule has 0 bridgehead atoms. The average molecular weight is 850 g/mol. The van der Waals surface area contributed by atoms with E-state index in [-0.39, 0.29) is 56.6 Å². The van der Waals surface area contributed by atoms with Gasteiger partial charge in [-0.3, -0.25) is 43.2 Å². The van der Waals surface area contributed by atoms with Gasteiger partial charge < -0.3 is 25.7 Å². The van der Waals surface area contributed by atoms with Gasteiger partial charge in [0.05, 0.1) is 30.7 Å². The Morgan fingerprint density at radius 3 is 1.63 bits per heavy atom. The molecule has 14 heteroatoms. The summed E-state index contributed by atoms with van der Waals surface area (Å²) in [6.45, 7) is 12.7. The molecular weight excluding hydrogens is 771 g/mol. The molecule has 0 heterocycles. The SMILES string of the molecule is CCCCCCCCCCCCCC(=O)C[C@H](CO)C(=O)N[C@H](C)C(=O)CCC(=O)N(C)[C@H](C(=O)C[C@@H](C)C(=O)N[C@@H](CC(C)C)C(=O)CC(C)C(=O)C(=O)CC)C(C)O. The van der Waals surface area contributed by atoms with Crippen LogP contribution < -0.4 is 10.6 Å². The molecule has 0 aliphatic carbocycles. The number of aliphatic hydroxyl groups excluding tert-OH is 2. The number of amides is 3. The van der Waals surface area contributed by atoms with E-state index >= 15 is 0 Å². The number of carbonyl (C=O) groups is 9. The van der Waals surface area contributed by atoms with Crippen LogP contribution in [-0.4, -0.2) is 105 Å². The van der Waals surface area contributed by atoms with Crippen molar-refractivity contribution in [2.24, 2.45) is 23.7 Å². The Labute approximate surface area is 359 Å². The Kier molecular flexibility index (Phi) is 29.3. The smallest absolute Gasteiger partial charge is 0.226 e. The average Bonchev–Trinajstić information content (AvgIpc) is 3.19. The number of carbonyl (C=O) groups excluding carboxylic acids is 9. The van der Waals surface area contributed by atoms with Gasteiger partial charge >= 0.3 is 0 Å². The fourth-order valence-electron chi connectivity index (χ4n) is 7.16. The molecule has 0 radical (unpaired) electrons. The van der Waals surface area contributed by atoms with Gasteiger partial charge in [0.1, 0.15) is 11.8 Å². The Morgan fingerprint density at radius 1 is 0.600 bits per heavy atom. The Morgan fingerprint density at radius 2 is 1.13 bits per heavy atom. The van der Waals surface area contributed by atoms with Crippen LogP contribution >= 0.6 is 0 Å². The van der Waals surface area contributed by atoms with Crippen molar-refractivity contribution in [3.8, 4) is 0 Å². The third kappa shape index (κ3) is 22.8. The minimum absolute atomic E-state index is 0.00759. The van der Waals surface area contributed by atoms with Gasteiger partial charge in [0.15, 0.2) is 23.1 Å². The van der Waals surface area contributed by atoms with Crippen LogP contribution in [0.5, 0.6) is 0 Å². The van der Waals surface area contributed by atoms with Crippen LogP contribution in [0.2, 0.25) is 0 Å². The molecular formula is C46H79N3O11. The molecule has 0 rings (SSSR count). The third-order valence-electron chi connectivity index (χ3n) is 11.1. The van der Waals surface area contributed by atoms with Gasteiger partial charge in [-0.25, -0.2) is 0 Å². The molecule has 4 N–H and O–H groups in total. The summed E-state index contributed by atoms with van der Waals surface area (Å²) in [5.74, 6) is -7.56. The van der Waals surface area contributed by atoms with Crippen molar-refractivity contribution < 1.29 is 53.4 Å². The van der Waals surface area contributed by atoms with Crippen molar-refractivity contribution in [1.82, 2.24) is 15.5 Å². The van der Waals surface area contributed by atoms with E-state index in [4.69, 9.17) is 0 Å². The Balaban J connectivity index is 5.07. The molecule has 0 spiro atoms. The fraction of sp³-hybridized carbons (Fsp3) is 0.804. The molecule has 0 saturated carbocycles. The largest absolute Gasteiger partial charge is 0.396 e. The van der Waals surface area contributed by atoms with E-state index in [9.17, 15) is 53.4 Å². The normalized spacial score (nSPS) is 14.9. The maximum atomic E-state index is 13.4. The first-order valence-corrected chi connectivity index (χ1v) is 22.5. The van der Waals surface area contributed by atoms with E-state index in [0.29, 0.717) is 6.42 Å². The summed E-state index contributed by atoms with van der Waals surface area (Å²) in [5.41, 5.74) is 0. The van der Waals surface area contributed by atoms with Gasteiger partial charge in [0.25, 0.3) is 0 Å². The maximum absolute atomic E-state index is 13.4. The number of rotatable bonds is 36. The van der Waals surface area contributed by atoms with Gasteiger partial charge in [-0.05, 0) is 32.6 Å². The standard InChI is InChI=1S/C46H79N3O11/c1-10-12-13-14-15-16-17-18-19-20-21-22-36(52)28-35(29-50)46(60)47-33(7)39(54)23-24-42(57)49(9)43(34(8)51)41(56)27-32(6)45(59)48-37(25-30(3)4)40(55)26-31(5)44(58)38(53)11-2/h30-35,37,43,50-51H,10-29H2,1-9H3,(H,47,60)(H,48,59)/t31?,32-,33-,34?,35-,37+,43+/m1/s1. The van der Waals surface area contributed by atoms with Crippen LogP contribution in [0.3, 0.4) is 0 Å². The molecule has 60 heavy (non-hydrogen) atoms. The van der Waals surface area contributed by atoms with Crippen LogP contribution in [0.25, 0.3) is 0 Å². The van der Waals surface area contributed by atoms with Gasteiger partial charge in [0.2, 0.25) is 23.5 Å². The van der Waals surface area contributed by atoms with Crippen molar-refractivity contribution >= 4 is 52.4 Å². The summed E-state index contributed by atoms with van der Waals surface area (Å²) in [7, 11) is 1.31. The summed E-state index contributed by atoms with van der Waals surface area (Å²) in [5, 5.41) is 25.6. The number of Topliss-reactive ketones (excluding diaryl/α,β-unsaturated/α-hetero) is 6. The lowest BCUT2D eigenvalue weighted by molar-refractivity contribution is -0.143. The molecule has 0 saturated heterocycles. The number of hydrogen-bond acceptors (Lipinski definition) is 11. The first-order chi connectivity index (χ1) is 28.2. The minimum atomic E-state index is -1.34. The third-order valence-corrected chi connectivity index (χ3v) is 11.1. The van der Waals surface area contributed by atoms with Crippen LogP contribution in [0, 0.1) is 23.7 Å². The summed E-state index contributed by atoms with van der Waals surface area (Å²) in [6, 6.07) is -3.32. The highest BCUT2D eigenvalue weighted by molar-refractivity contribution is 6.38. The lowest BCUT2D eigenvalue weighted by atomic mass is 9.90. The molecule has 0 aliphatic heterocycles. The number of nitrogens with one attached hydrogen (secondary N) is 2. The van der Waals surface area contributed by atoms with Crippen LogP contribution in [-0.2, 0) is 43.2 Å². The van der Waals surface area contributed by atoms with Crippen molar-refractivity contribution in [2.45, 2.75) is 202 Å². The van der Waals surface area contributed by atoms with Crippen molar-refractivity contribution in [2.75, 3.05) is 13.7 Å². The second-order valence-corrected chi connectivity index (χ2v) is 17.3. The zero-order valence-electron chi connectivity index (χ0n) is 38.3. The predicted molar refractivity (Wildman–Crippen MR) is 231 cm³/mol. The Bertz CT molecular complexity index is 1390. The molecule has 344 valence electrons. The summed E-state index contributed by atoms with van der Waals surface area (Å²) in [6.07, 6.45) is 10.6. The maximum Gasteiger partial charge on any atom is 0.226 e. The number of nitrogens with zero attached hydrogens (tertiary/aromatic N) is 1. The molecule has 14 nitrogen and oxygen atoms in total. The van der Waals surface area contributed by atoms with Crippen LogP contribution in [0.15, 0.2) is 0 Å². The number of likely N-dealkylation sites (N-methyl/N-ethyl adjacent to an activating group) is 1. The highest BCUT2D eigenvalue weighted by atomic mass is 16.3. The zero-order chi connectivity index (χ0) is 45.9. The number of unbranched alkanes of at least 4 members (excludes halogenated alkanes) is 10. The van der Waals surface area contributed by atoms with Gasteiger partial charge in [-0.15, -0.1) is 0 Å². The van der Waals surface area contributed by atoms with E-state index < -0.39 is 95.2 Å². The lowest BCUT2D eigenvalue weighted by Gasteiger charge is -2.30. The fourth-order valence-corrected chi connectivity index (χ4v) is 7.16. The summed E-state index contributed by atoms with van der Waals surface area (Å²) in [4.78, 5) is 116. The van der Waals surface area contributed by atoms with Gasteiger partial charge in [-0.2, -0.15) is 0 Å². The Hall–Kier alpha value is -3.65. The predicted octanol–water partition coefficient (Wildman–Crippen LogP) is 5.59. The highest BCUT2D eigenvalue weighted by Crippen LogP contribution is 2.18. The van der Waals surface area contributed by atoms with E-state index in [0.717, 1.165) is 30.6 Å². The van der Waals surface area contributed by atoms with E-state index in [1.54, 1.807) is 6.92 Å². The van der Waals surface area contributed by atoms with Gasteiger partial charge in [-0.1, -0.05) is 106 Å². The molecule has 0 aromatic carbocycles. The minimum Gasteiger partial charge on any atom is -0.396 e. The molecule has 0 fully saturated rings. The molecule has 0 aliphatic rings. The van der Waals surface area contributed by atoms with E-state index in [1.165, 1.54) is 79.7 Å². The highest BCUT2D eigenvalue weighted by Gasteiger charge is 2.35. The van der Waals surface area contributed by atoms with Gasteiger partial charge in [0, 0.05) is 63.8 Å². The second kappa shape index (κ2) is 31.2. The number of aliphatic hydroxyl groups is 2. The topological polar surface area (TPSA) is 221 Å². The molecule has 0 aromatic heterocycles. The summed E-state index contributed by atoms with van der Waals surface area (Å²) < 4.78 is 0. The first-order valence-electron chi connectivity index (χ1n) is 22.5.